The van der Waals surface area contributed by atoms with Gasteiger partial charge in [0, 0.05) is 26.2 Å². The fourth-order valence-corrected chi connectivity index (χ4v) is 2.72. The van der Waals surface area contributed by atoms with E-state index in [2.05, 4.69) is 27.3 Å². The minimum Gasteiger partial charge on any atom is -0.452 e. The molecular formula is C13H17ClN4O2. The lowest BCUT2D eigenvalue weighted by Gasteiger charge is -2.32. The van der Waals surface area contributed by atoms with Crippen LogP contribution in [0.15, 0.2) is 21.3 Å². The molecule has 1 N–H and O–H groups in total. The van der Waals surface area contributed by atoms with Gasteiger partial charge in [0.05, 0.1) is 17.9 Å². The first-order valence-corrected chi connectivity index (χ1v) is 7.19. The maximum atomic E-state index is 5.93. The second kappa shape index (κ2) is 5.95. The molecule has 6 nitrogen and oxygen atoms in total. The number of halogens is 1. The van der Waals surface area contributed by atoms with E-state index in [9.17, 15) is 0 Å². The minimum atomic E-state index is 0.181. The summed E-state index contributed by atoms with van der Waals surface area (Å²) in [5.74, 6) is 1.12. The molecule has 0 bridgehead atoms. The summed E-state index contributed by atoms with van der Waals surface area (Å²) in [5.41, 5.74) is 0.639. The normalized spacial score (nSPS) is 18.3. The number of nitrogens with zero attached hydrogens (tertiary/aromatic N) is 3. The van der Waals surface area contributed by atoms with Crippen LogP contribution in [0.1, 0.15) is 25.2 Å². The second-order valence-electron chi connectivity index (χ2n) is 4.78. The van der Waals surface area contributed by atoms with Gasteiger partial charge < -0.3 is 14.3 Å². The van der Waals surface area contributed by atoms with Crippen LogP contribution in [-0.2, 0) is 0 Å². The van der Waals surface area contributed by atoms with Crippen molar-refractivity contribution >= 4 is 11.6 Å². The highest BCUT2D eigenvalue weighted by Crippen LogP contribution is 2.29. The number of aromatic nitrogens is 2. The van der Waals surface area contributed by atoms with Crippen LogP contribution in [0.3, 0.4) is 0 Å². The topological polar surface area (TPSA) is 67.3 Å². The van der Waals surface area contributed by atoms with Crippen molar-refractivity contribution in [3.05, 3.63) is 23.4 Å². The predicted octanol–water partition coefficient (Wildman–Crippen LogP) is 2.34. The quantitative estimate of drug-likeness (QED) is 0.934. The van der Waals surface area contributed by atoms with Crippen LogP contribution in [-0.4, -0.2) is 41.2 Å². The van der Waals surface area contributed by atoms with E-state index in [1.54, 1.807) is 6.07 Å². The minimum absolute atomic E-state index is 0.181. The van der Waals surface area contributed by atoms with E-state index < -0.39 is 0 Å². The van der Waals surface area contributed by atoms with Gasteiger partial charge in [-0.3, -0.25) is 4.90 Å². The summed E-state index contributed by atoms with van der Waals surface area (Å²) in [5, 5.41) is 7.73. The molecule has 1 unspecified atom stereocenters. The van der Waals surface area contributed by atoms with E-state index in [-0.39, 0.29) is 11.3 Å². The van der Waals surface area contributed by atoms with Crippen molar-refractivity contribution in [2.75, 3.05) is 26.2 Å². The summed E-state index contributed by atoms with van der Waals surface area (Å²) in [6.07, 6.45) is 2.45. The van der Waals surface area contributed by atoms with Crippen LogP contribution in [0.2, 0.25) is 5.22 Å². The van der Waals surface area contributed by atoms with Crippen molar-refractivity contribution in [3.63, 3.8) is 0 Å². The first kappa shape index (κ1) is 13.6. The van der Waals surface area contributed by atoms with Crippen LogP contribution in [0, 0.1) is 0 Å². The summed E-state index contributed by atoms with van der Waals surface area (Å²) in [6.45, 7) is 6.11. The van der Waals surface area contributed by atoms with Crippen molar-refractivity contribution in [1.29, 1.82) is 0 Å². The molecule has 1 aliphatic heterocycles. The Hall–Kier alpha value is -1.37. The lowest BCUT2D eigenvalue weighted by molar-refractivity contribution is 0.160. The molecule has 1 aliphatic rings. The molecule has 7 heteroatoms. The number of rotatable bonds is 4. The van der Waals surface area contributed by atoms with Crippen LogP contribution in [0.25, 0.3) is 11.5 Å². The Balaban J connectivity index is 1.82. The SMILES string of the molecule is CCC(c1noc(-c2ccoc2Cl)n1)N1CCNCC1. The Morgan fingerprint density at radius 3 is 2.90 bits per heavy atom. The van der Waals surface area contributed by atoms with E-state index in [1.165, 1.54) is 6.26 Å². The monoisotopic (exact) mass is 296 g/mol. The van der Waals surface area contributed by atoms with Crippen molar-refractivity contribution in [3.8, 4) is 11.5 Å². The Kier molecular flexibility index (Phi) is 4.05. The Morgan fingerprint density at radius 2 is 2.25 bits per heavy atom. The van der Waals surface area contributed by atoms with Crippen molar-refractivity contribution in [2.24, 2.45) is 0 Å². The molecule has 1 atom stereocenters. The highest BCUT2D eigenvalue weighted by molar-refractivity contribution is 6.31. The standard InChI is InChI=1S/C13H17ClN4O2/c1-2-10(18-6-4-15-5-7-18)12-16-13(20-17-12)9-3-8-19-11(9)14/h3,8,10,15H,2,4-7H2,1H3. The largest absolute Gasteiger partial charge is 0.452 e. The van der Waals surface area contributed by atoms with E-state index >= 15 is 0 Å². The number of hydrogen-bond acceptors (Lipinski definition) is 6. The first-order chi connectivity index (χ1) is 9.79. The van der Waals surface area contributed by atoms with Gasteiger partial charge in [-0.25, -0.2) is 0 Å². The lowest BCUT2D eigenvalue weighted by atomic mass is 10.1. The van der Waals surface area contributed by atoms with Crippen molar-refractivity contribution in [1.82, 2.24) is 20.4 Å². The first-order valence-electron chi connectivity index (χ1n) is 6.81. The zero-order chi connectivity index (χ0) is 13.9. The molecule has 0 amide bonds. The smallest absolute Gasteiger partial charge is 0.262 e. The van der Waals surface area contributed by atoms with Gasteiger partial charge in [-0.1, -0.05) is 12.1 Å². The van der Waals surface area contributed by atoms with Gasteiger partial charge in [-0.15, -0.1) is 0 Å². The average molecular weight is 297 g/mol. The van der Waals surface area contributed by atoms with E-state index in [0.717, 1.165) is 32.6 Å². The molecule has 20 heavy (non-hydrogen) atoms. The van der Waals surface area contributed by atoms with Crippen molar-refractivity contribution < 1.29 is 8.94 Å². The maximum Gasteiger partial charge on any atom is 0.262 e. The molecule has 108 valence electrons. The Bertz CT molecular complexity index is 562. The molecule has 1 fully saturated rings. The zero-order valence-corrected chi connectivity index (χ0v) is 12.1. The molecule has 0 aliphatic carbocycles. The summed E-state index contributed by atoms with van der Waals surface area (Å²) in [6, 6.07) is 1.91. The van der Waals surface area contributed by atoms with Crippen LogP contribution in [0.5, 0.6) is 0 Å². The molecular weight excluding hydrogens is 280 g/mol. The molecule has 1 saturated heterocycles. The lowest BCUT2D eigenvalue weighted by Crippen LogP contribution is -2.45. The molecule has 0 radical (unpaired) electrons. The highest BCUT2D eigenvalue weighted by Gasteiger charge is 2.26. The third-order valence-electron chi connectivity index (χ3n) is 3.57. The summed E-state index contributed by atoms with van der Waals surface area (Å²) in [4.78, 5) is 6.85. The molecule has 3 rings (SSSR count). The third kappa shape index (κ3) is 2.59. The molecule has 2 aromatic rings. The van der Waals surface area contributed by atoms with Crippen LogP contribution in [0.4, 0.5) is 0 Å². The molecule has 0 saturated carbocycles. The van der Waals surface area contributed by atoms with Gasteiger partial charge in [0.2, 0.25) is 5.22 Å². The predicted molar refractivity (Wildman–Crippen MR) is 74.5 cm³/mol. The fraction of sp³-hybridized carbons (Fsp3) is 0.538. The van der Waals surface area contributed by atoms with E-state index in [0.29, 0.717) is 17.3 Å². The number of furan rings is 1. The van der Waals surface area contributed by atoms with Gasteiger partial charge >= 0.3 is 0 Å². The fourth-order valence-electron chi connectivity index (χ4n) is 2.52. The zero-order valence-electron chi connectivity index (χ0n) is 11.3. The Labute approximate surface area is 122 Å². The van der Waals surface area contributed by atoms with Gasteiger partial charge in [0.1, 0.15) is 0 Å². The maximum absolute atomic E-state index is 5.93. The van der Waals surface area contributed by atoms with Gasteiger partial charge in [-0.05, 0) is 24.1 Å². The number of hydrogen-bond donors (Lipinski definition) is 1. The van der Waals surface area contributed by atoms with Crippen molar-refractivity contribution in [2.45, 2.75) is 19.4 Å². The number of piperazine rings is 1. The number of nitrogens with one attached hydrogen (secondary N) is 1. The van der Waals surface area contributed by atoms with Gasteiger partial charge in [0.15, 0.2) is 5.82 Å². The molecule has 2 aromatic heterocycles. The third-order valence-corrected chi connectivity index (χ3v) is 3.86. The average Bonchev–Trinajstić information content (AvgIpc) is 3.10. The highest BCUT2D eigenvalue weighted by atomic mass is 35.5. The molecule has 0 aromatic carbocycles. The van der Waals surface area contributed by atoms with Crippen LogP contribution >= 0.6 is 11.6 Å². The Morgan fingerprint density at radius 1 is 1.45 bits per heavy atom. The summed E-state index contributed by atoms with van der Waals surface area (Å²) >= 11 is 5.93. The summed E-state index contributed by atoms with van der Waals surface area (Å²) < 4.78 is 10.4. The van der Waals surface area contributed by atoms with E-state index in [1.807, 2.05) is 0 Å². The molecule has 3 heterocycles. The molecule has 0 spiro atoms. The van der Waals surface area contributed by atoms with Gasteiger partial charge in [0.25, 0.3) is 5.89 Å². The van der Waals surface area contributed by atoms with E-state index in [4.69, 9.17) is 20.5 Å². The van der Waals surface area contributed by atoms with Gasteiger partial charge in [-0.2, -0.15) is 4.98 Å². The second-order valence-corrected chi connectivity index (χ2v) is 5.12. The summed E-state index contributed by atoms with van der Waals surface area (Å²) in [7, 11) is 0. The van der Waals surface area contributed by atoms with Crippen LogP contribution < -0.4 is 5.32 Å².